The Labute approximate surface area is 93.8 Å². The molecule has 0 bridgehead atoms. The van der Waals surface area contributed by atoms with Crippen LogP contribution in [0.25, 0.3) is 0 Å². The van der Waals surface area contributed by atoms with Gasteiger partial charge in [0.25, 0.3) is 0 Å². The summed E-state index contributed by atoms with van der Waals surface area (Å²) in [7, 11) is 1.58. The van der Waals surface area contributed by atoms with Gasteiger partial charge in [-0.3, -0.25) is 0 Å². The molecule has 3 nitrogen and oxygen atoms in total. The van der Waals surface area contributed by atoms with Crippen LogP contribution in [0, 0.1) is 22.7 Å². The van der Waals surface area contributed by atoms with Gasteiger partial charge < -0.3 is 10.1 Å². The third-order valence-corrected chi connectivity index (χ3v) is 2.26. The molecule has 15 heavy (non-hydrogen) atoms. The van der Waals surface area contributed by atoms with Gasteiger partial charge in [0.15, 0.2) is 0 Å². The van der Waals surface area contributed by atoms with Gasteiger partial charge in [0.2, 0.25) is 0 Å². The van der Waals surface area contributed by atoms with Crippen LogP contribution in [0.2, 0.25) is 0 Å². The molecule has 0 aromatic heterocycles. The fourth-order valence-electron chi connectivity index (χ4n) is 1.11. The highest BCUT2D eigenvalue weighted by Crippen LogP contribution is 2.14. The molecule has 4 heteroatoms. The molecule has 0 radical (unpaired) electrons. The number of methoxy groups -OCH3 is 1. The summed E-state index contributed by atoms with van der Waals surface area (Å²) in [5, 5.41) is 17.8. The lowest BCUT2D eigenvalue weighted by atomic mass is 10.00. The first-order chi connectivity index (χ1) is 7.22. The number of hydrogen-bond acceptors (Lipinski definition) is 4. The van der Waals surface area contributed by atoms with E-state index in [9.17, 15) is 0 Å². The molecule has 0 spiro atoms. The number of hydrogen-bond donors (Lipinski definition) is 1. The Hall–Kier alpha value is -1.73. The third kappa shape index (κ3) is 2.61. The molecule has 1 aromatic rings. The zero-order chi connectivity index (χ0) is 11.3. The summed E-state index contributed by atoms with van der Waals surface area (Å²) in [4.78, 5) is 0. The van der Waals surface area contributed by atoms with Crippen molar-refractivity contribution >= 4 is 23.3 Å². The fourth-order valence-corrected chi connectivity index (χ4v) is 1.31. The second-order valence-corrected chi connectivity index (χ2v) is 3.16. The summed E-state index contributed by atoms with van der Waals surface area (Å²) >= 11 is 4.68. The van der Waals surface area contributed by atoms with Crippen LogP contribution in [0.3, 0.4) is 0 Å². The molecule has 0 aliphatic heterocycles. The molecule has 0 fully saturated rings. The number of nitrogens with zero attached hydrogens (tertiary/aromatic N) is 1. The lowest BCUT2D eigenvalue weighted by Gasteiger charge is -2.06. The largest absolute Gasteiger partial charge is 0.497 e. The van der Waals surface area contributed by atoms with Gasteiger partial charge in [0.05, 0.1) is 18.9 Å². The Kier molecular flexibility index (Phi) is 3.95. The van der Waals surface area contributed by atoms with E-state index in [4.69, 9.17) is 15.4 Å². The molecule has 1 atom stereocenters. The van der Waals surface area contributed by atoms with Crippen molar-refractivity contribution in [3.8, 4) is 11.8 Å². The minimum Gasteiger partial charge on any atom is -0.497 e. The van der Waals surface area contributed by atoms with Crippen LogP contribution in [0.4, 0.5) is 0 Å². The highest BCUT2D eigenvalue weighted by molar-refractivity contribution is 7.79. The van der Waals surface area contributed by atoms with Crippen molar-refractivity contribution in [2.24, 2.45) is 5.92 Å². The molecular formula is C11H10N2OS. The maximum atomic E-state index is 8.75. The molecule has 0 amide bonds. The Morgan fingerprint density at radius 3 is 2.53 bits per heavy atom. The van der Waals surface area contributed by atoms with Crippen LogP contribution in [0.1, 0.15) is 5.56 Å². The average molecular weight is 218 g/mol. The first-order valence-corrected chi connectivity index (χ1v) is 4.78. The molecule has 0 saturated carbocycles. The predicted octanol–water partition coefficient (Wildman–Crippen LogP) is 2.20. The maximum Gasteiger partial charge on any atom is 0.118 e. The van der Waals surface area contributed by atoms with Crippen LogP contribution >= 0.6 is 12.2 Å². The van der Waals surface area contributed by atoms with Gasteiger partial charge in [0, 0.05) is 5.37 Å². The molecule has 0 aliphatic carbocycles. The lowest BCUT2D eigenvalue weighted by Crippen LogP contribution is -2.13. The monoisotopic (exact) mass is 218 g/mol. The van der Waals surface area contributed by atoms with Gasteiger partial charge in [-0.15, -0.1) is 0 Å². The number of nitrogens with one attached hydrogen (secondary N) is 1. The molecule has 76 valence electrons. The number of nitriles is 1. The van der Waals surface area contributed by atoms with Crippen molar-refractivity contribution < 1.29 is 4.74 Å². The highest BCUT2D eigenvalue weighted by atomic mass is 32.1. The van der Waals surface area contributed by atoms with Gasteiger partial charge in [-0.2, -0.15) is 5.26 Å². The van der Waals surface area contributed by atoms with Crippen molar-refractivity contribution in [3.05, 3.63) is 29.8 Å². The van der Waals surface area contributed by atoms with Crippen molar-refractivity contribution in [3.63, 3.8) is 0 Å². The molecule has 0 heterocycles. The SMILES string of the molecule is COc1ccc(C(=N)C(C#N)C=S)cc1. The van der Waals surface area contributed by atoms with E-state index < -0.39 is 5.92 Å². The second-order valence-electron chi connectivity index (χ2n) is 2.89. The van der Waals surface area contributed by atoms with E-state index in [1.54, 1.807) is 31.4 Å². The topological polar surface area (TPSA) is 56.9 Å². The van der Waals surface area contributed by atoms with E-state index in [2.05, 4.69) is 12.2 Å². The van der Waals surface area contributed by atoms with Gasteiger partial charge in [0.1, 0.15) is 11.7 Å². The molecule has 1 aromatic carbocycles. The molecule has 1 rings (SSSR count). The summed E-state index contributed by atoms with van der Waals surface area (Å²) in [5.74, 6) is 0.0933. The van der Waals surface area contributed by atoms with E-state index in [0.29, 0.717) is 5.56 Å². The molecular weight excluding hydrogens is 208 g/mol. The fraction of sp³-hybridized carbons (Fsp3) is 0.182. The maximum absolute atomic E-state index is 8.75. The van der Waals surface area contributed by atoms with Crippen molar-refractivity contribution in [1.29, 1.82) is 10.7 Å². The van der Waals surface area contributed by atoms with Crippen LogP contribution in [0.15, 0.2) is 24.3 Å². The first kappa shape index (κ1) is 11.3. The minimum atomic E-state index is -0.631. The Morgan fingerprint density at radius 1 is 1.53 bits per heavy atom. The normalized spacial score (nSPS) is 11.2. The second kappa shape index (κ2) is 5.23. The van der Waals surface area contributed by atoms with E-state index in [-0.39, 0.29) is 5.71 Å². The van der Waals surface area contributed by atoms with Gasteiger partial charge in [-0.05, 0) is 29.8 Å². The van der Waals surface area contributed by atoms with E-state index in [1.807, 2.05) is 6.07 Å². The summed E-state index contributed by atoms with van der Waals surface area (Å²) in [5.41, 5.74) is 0.901. The van der Waals surface area contributed by atoms with E-state index in [0.717, 1.165) is 5.75 Å². The summed E-state index contributed by atoms with van der Waals surface area (Å²) in [6, 6.07) is 8.95. The average Bonchev–Trinajstić information content (AvgIpc) is 2.30. The number of ether oxygens (including phenoxy) is 1. The van der Waals surface area contributed by atoms with Crippen molar-refractivity contribution in [1.82, 2.24) is 0 Å². The molecule has 0 aliphatic rings. The quantitative estimate of drug-likeness (QED) is 0.622. The van der Waals surface area contributed by atoms with Gasteiger partial charge in [-0.25, -0.2) is 0 Å². The predicted molar refractivity (Wildman–Crippen MR) is 62.6 cm³/mol. The van der Waals surface area contributed by atoms with Crippen LogP contribution in [-0.2, 0) is 0 Å². The van der Waals surface area contributed by atoms with Gasteiger partial charge >= 0.3 is 0 Å². The van der Waals surface area contributed by atoms with Crippen LogP contribution in [-0.4, -0.2) is 18.2 Å². The third-order valence-electron chi connectivity index (χ3n) is 1.99. The van der Waals surface area contributed by atoms with Crippen LogP contribution < -0.4 is 4.74 Å². The first-order valence-electron chi connectivity index (χ1n) is 4.30. The van der Waals surface area contributed by atoms with Crippen molar-refractivity contribution in [2.45, 2.75) is 0 Å². The molecule has 1 N–H and O–H groups in total. The Balaban J connectivity index is 2.92. The molecule has 0 saturated heterocycles. The smallest absolute Gasteiger partial charge is 0.118 e. The highest BCUT2D eigenvalue weighted by Gasteiger charge is 2.12. The van der Waals surface area contributed by atoms with Crippen molar-refractivity contribution in [2.75, 3.05) is 7.11 Å². The zero-order valence-electron chi connectivity index (χ0n) is 8.23. The van der Waals surface area contributed by atoms with Gasteiger partial charge in [-0.1, -0.05) is 12.2 Å². The standard InChI is InChI=1S/C11H10N2OS/c1-14-10-4-2-8(3-5-10)11(13)9(6-12)7-15/h2-5,7,9,13H,1H3. The summed E-state index contributed by atoms with van der Waals surface area (Å²) in [6.07, 6.45) is 0. The van der Waals surface area contributed by atoms with Crippen LogP contribution in [0.5, 0.6) is 5.75 Å². The minimum absolute atomic E-state index is 0.218. The Bertz CT molecular complexity index is 406. The number of benzene rings is 1. The zero-order valence-corrected chi connectivity index (χ0v) is 9.04. The summed E-state index contributed by atoms with van der Waals surface area (Å²) < 4.78 is 5.00. The summed E-state index contributed by atoms with van der Waals surface area (Å²) in [6.45, 7) is 0. The number of thiocarbonyl (C=S) groups is 1. The lowest BCUT2D eigenvalue weighted by molar-refractivity contribution is 0.415. The Morgan fingerprint density at radius 2 is 2.13 bits per heavy atom. The number of rotatable bonds is 4. The van der Waals surface area contributed by atoms with E-state index >= 15 is 0 Å². The van der Waals surface area contributed by atoms with E-state index in [1.165, 1.54) is 5.37 Å². The molecule has 1 unspecified atom stereocenters.